The van der Waals surface area contributed by atoms with Crippen molar-refractivity contribution in [2.45, 2.75) is 76.3 Å². The average molecular weight is 481 g/mol. The summed E-state index contributed by atoms with van der Waals surface area (Å²) in [6.45, 7) is 10.9. The van der Waals surface area contributed by atoms with Crippen LogP contribution in [0.5, 0.6) is 0 Å². The van der Waals surface area contributed by atoms with E-state index in [0.29, 0.717) is 32.1 Å². The van der Waals surface area contributed by atoms with Gasteiger partial charge in [-0.1, -0.05) is 23.8 Å². The molecule has 1 rings (SSSR count). The summed E-state index contributed by atoms with van der Waals surface area (Å²) in [6, 6.07) is 5.61. The number of Topliss-reactive ketones (excluding diaryl/α,β-unsaturated/α-hetero) is 1. The molecule has 0 heterocycles. The van der Waals surface area contributed by atoms with Crippen molar-refractivity contribution >= 4 is 27.9 Å². The quantitative estimate of drug-likeness (QED) is 0.182. The van der Waals surface area contributed by atoms with E-state index in [9.17, 15) is 18.0 Å². The molecule has 1 amide bonds. The van der Waals surface area contributed by atoms with Crippen LogP contribution in [-0.2, 0) is 19.6 Å². The van der Waals surface area contributed by atoms with Gasteiger partial charge in [0.2, 0.25) is 5.96 Å². The van der Waals surface area contributed by atoms with Crippen molar-refractivity contribution in [2.75, 3.05) is 6.54 Å². The largest absolute Gasteiger partial charge is 0.444 e. The number of aryl methyl sites for hydroxylation is 1. The summed E-state index contributed by atoms with van der Waals surface area (Å²) in [6.07, 6.45) is 3.42. The summed E-state index contributed by atoms with van der Waals surface area (Å²) in [7, 11) is -3.83. The third-order valence-electron chi connectivity index (χ3n) is 4.41. The van der Waals surface area contributed by atoms with Crippen molar-refractivity contribution < 1.29 is 22.7 Å². The number of hydrogen-bond donors (Lipinski definition) is 3. The lowest BCUT2D eigenvalue weighted by Gasteiger charge is -2.23. The average Bonchev–Trinajstić information content (AvgIpc) is 2.69. The van der Waals surface area contributed by atoms with Gasteiger partial charge in [0.1, 0.15) is 5.60 Å². The highest BCUT2D eigenvalue weighted by Crippen LogP contribution is 2.11. The van der Waals surface area contributed by atoms with Gasteiger partial charge in [0.15, 0.2) is 5.78 Å². The van der Waals surface area contributed by atoms with Crippen LogP contribution in [0.15, 0.2) is 46.8 Å². The van der Waals surface area contributed by atoms with E-state index in [2.05, 4.69) is 21.6 Å². The summed E-state index contributed by atoms with van der Waals surface area (Å²) < 4.78 is 32.2. The van der Waals surface area contributed by atoms with Crippen LogP contribution < -0.4 is 15.8 Å². The number of rotatable bonds is 12. The van der Waals surface area contributed by atoms with Crippen LogP contribution in [0.3, 0.4) is 0 Å². The maximum absolute atomic E-state index is 12.6. The monoisotopic (exact) mass is 480 g/mol. The first-order valence-electron chi connectivity index (χ1n) is 10.9. The van der Waals surface area contributed by atoms with Crippen LogP contribution in [0.25, 0.3) is 0 Å². The van der Waals surface area contributed by atoms with Gasteiger partial charge in [-0.2, -0.15) is 0 Å². The minimum absolute atomic E-state index is 0.0815. The van der Waals surface area contributed by atoms with E-state index in [4.69, 9.17) is 10.5 Å². The second kappa shape index (κ2) is 13.0. The Morgan fingerprint density at radius 2 is 1.85 bits per heavy atom. The third-order valence-corrected chi connectivity index (χ3v) is 5.78. The Morgan fingerprint density at radius 3 is 2.42 bits per heavy atom. The highest BCUT2D eigenvalue weighted by atomic mass is 32.2. The molecule has 10 heteroatoms. The van der Waals surface area contributed by atoms with Crippen LogP contribution in [0.1, 0.15) is 58.4 Å². The number of ketones is 1. The number of unbranched alkanes of at least 4 members (excludes halogenated alkanes) is 1. The fraction of sp³-hybridized carbons (Fsp3) is 0.522. The number of carbonyl (C=O) groups excluding carboxylic acids is 2. The maximum atomic E-state index is 12.6. The number of nitrogens with two attached hydrogens (primary N) is 1. The molecule has 0 radical (unpaired) electrons. The van der Waals surface area contributed by atoms with E-state index in [1.807, 2.05) is 6.92 Å². The molecule has 33 heavy (non-hydrogen) atoms. The predicted octanol–water partition coefficient (Wildman–Crippen LogP) is 3.19. The van der Waals surface area contributed by atoms with Gasteiger partial charge >= 0.3 is 6.09 Å². The summed E-state index contributed by atoms with van der Waals surface area (Å²) >= 11 is 0. The molecule has 184 valence electrons. The molecule has 1 aromatic rings. The molecule has 0 aromatic heterocycles. The van der Waals surface area contributed by atoms with Gasteiger partial charge in [0.25, 0.3) is 10.0 Å². The molecule has 0 aliphatic rings. The molecule has 0 saturated heterocycles. The van der Waals surface area contributed by atoms with Gasteiger partial charge in [-0.25, -0.2) is 17.9 Å². The topological polar surface area (TPSA) is 140 Å². The van der Waals surface area contributed by atoms with Crippen molar-refractivity contribution in [1.29, 1.82) is 0 Å². The van der Waals surface area contributed by atoms with Crippen molar-refractivity contribution in [1.82, 2.24) is 10.0 Å². The number of nitrogens with one attached hydrogen (secondary N) is 2. The molecule has 0 bridgehead atoms. The van der Waals surface area contributed by atoms with Gasteiger partial charge in [0.05, 0.1) is 10.9 Å². The number of nitrogens with zero attached hydrogens (tertiary/aromatic N) is 1. The summed E-state index contributed by atoms with van der Waals surface area (Å²) in [5, 5.41) is 2.62. The number of amides is 1. The lowest BCUT2D eigenvalue weighted by Crippen LogP contribution is -2.43. The molecular formula is C23H36N4O5S. The van der Waals surface area contributed by atoms with Crippen LogP contribution in [-0.4, -0.2) is 44.4 Å². The molecule has 0 spiro atoms. The predicted molar refractivity (Wildman–Crippen MR) is 129 cm³/mol. The molecule has 1 atom stereocenters. The zero-order valence-corrected chi connectivity index (χ0v) is 20.7. The number of hydrogen-bond acceptors (Lipinski definition) is 6. The second-order valence-corrected chi connectivity index (χ2v) is 10.4. The number of benzene rings is 1. The van der Waals surface area contributed by atoms with Gasteiger partial charge in [-0.05, 0) is 65.5 Å². The van der Waals surface area contributed by atoms with E-state index in [-0.39, 0.29) is 23.2 Å². The van der Waals surface area contributed by atoms with E-state index < -0.39 is 27.8 Å². The Labute approximate surface area is 196 Å². The Kier molecular flexibility index (Phi) is 11.1. The van der Waals surface area contributed by atoms with Gasteiger partial charge in [-0.3, -0.25) is 9.79 Å². The Bertz CT molecular complexity index is 935. The Hall–Kier alpha value is -2.88. The molecule has 1 aromatic carbocycles. The number of guanidine groups is 1. The number of allylic oxidation sites excluding steroid dienone is 1. The molecule has 9 nitrogen and oxygen atoms in total. The van der Waals surface area contributed by atoms with Crippen molar-refractivity contribution in [2.24, 2.45) is 10.7 Å². The second-order valence-electron chi connectivity index (χ2n) is 8.67. The zero-order valence-electron chi connectivity index (χ0n) is 19.9. The fourth-order valence-electron chi connectivity index (χ4n) is 2.80. The normalized spacial score (nSPS) is 13.2. The van der Waals surface area contributed by atoms with Gasteiger partial charge in [-0.15, -0.1) is 6.58 Å². The van der Waals surface area contributed by atoms with Crippen molar-refractivity contribution in [3.8, 4) is 0 Å². The smallest absolute Gasteiger partial charge is 0.408 e. The summed E-state index contributed by atoms with van der Waals surface area (Å²) in [5.41, 5.74) is 5.98. The zero-order chi connectivity index (χ0) is 25.1. The molecule has 1 unspecified atom stereocenters. The lowest BCUT2D eigenvalue weighted by atomic mass is 10.0. The summed E-state index contributed by atoms with van der Waals surface area (Å²) in [5.74, 6) is -0.357. The Balaban J connectivity index is 2.68. The minimum atomic E-state index is -3.83. The number of sulfonamides is 1. The van der Waals surface area contributed by atoms with Crippen molar-refractivity contribution in [3.63, 3.8) is 0 Å². The number of carbonyl (C=O) groups is 2. The van der Waals surface area contributed by atoms with Crippen LogP contribution >= 0.6 is 0 Å². The molecule has 4 N–H and O–H groups in total. The highest BCUT2D eigenvalue weighted by molar-refractivity contribution is 7.90. The van der Waals surface area contributed by atoms with Gasteiger partial charge in [0, 0.05) is 13.0 Å². The molecule has 0 aliphatic heterocycles. The first-order chi connectivity index (χ1) is 15.3. The third kappa shape index (κ3) is 11.5. The highest BCUT2D eigenvalue weighted by Gasteiger charge is 2.23. The van der Waals surface area contributed by atoms with Crippen LogP contribution in [0.2, 0.25) is 0 Å². The number of aliphatic imine (C=N–C) groups is 1. The van der Waals surface area contributed by atoms with Gasteiger partial charge < -0.3 is 15.8 Å². The standard InChI is InChI=1S/C23H36N4O5S/c1-6-7-8-11-20(28)19(26-22(29)32-23(3,4)5)10-9-16-25-21(24)27-33(30,31)18-14-12-17(2)13-15-18/h6,12-15,19H,1,7-11,16H2,2-5H3,(H,26,29)(H3,24,25,27). The number of ether oxygens (including phenoxy) is 1. The van der Waals surface area contributed by atoms with E-state index in [1.54, 1.807) is 39.0 Å². The number of alkyl carbamates (subject to hydrolysis) is 1. The Morgan fingerprint density at radius 1 is 1.21 bits per heavy atom. The van der Waals surface area contributed by atoms with E-state index in [1.165, 1.54) is 12.1 Å². The minimum Gasteiger partial charge on any atom is -0.444 e. The summed E-state index contributed by atoms with van der Waals surface area (Å²) in [4.78, 5) is 28.8. The molecule has 0 saturated carbocycles. The first-order valence-corrected chi connectivity index (χ1v) is 12.3. The van der Waals surface area contributed by atoms with E-state index in [0.717, 1.165) is 5.56 Å². The van der Waals surface area contributed by atoms with Crippen LogP contribution in [0, 0.1) is 6.92 Å². The molecular weight excluding hydrogens is 444 g/mol. The SMILES string of the molecule is C=CCCCC(=O)C(CCCN=C(N)NS(=O)(=O)c1ccc(C)cc1)NC(=O)OC(C)(C)C. The maximum Gasteiger partial charge on any atom is 0.408 e. The van der Waals surface area contributed by atoms with E-state index >= 15 is 0 Å². The van der Waals surface area contributed by atoms with Crippen molar-refractivity contribution in [3.05, 3.63) is 42.5 Å². The molecule has 0 aliphatic carbocycles. The first kappa shape index (κ1) is 28.2. The fourth-order valence-corrected chi connectivity index (χ4v) is 3.75. The molecule has 0 fully saturated rings. The lowest BCUT2D eigenvalue weighted by molar-refractivity contribution is -0.121. The van der Waals surface area contributed by atoms with Crippen LogP contribution in [0.4, 0.5) is 4.79 Å².